The van der Waals surface area contributed by atoms with Gasteiger partial charge in [-0.25, -0.2) is 0 Å². The fourth-order valence-electron chi connectivity index (χ4n) is 2.34. The van der Waals surface area contributed by atoms with Crippen molar-refractivity contribution in [2.45, 2.75) is 53.1 Å². The smallest absolute Gasteiger partial charge is 0.245 e. The van der Waals surface area contributed by atoms with Crippen LogP contribution in [0.4, 0.5) is 0 Å². The van der Waals surface area contributed by atoms with E-state index in [1.807, 2.05) is 0 Å². The molecule has 1 saturated heterocycles. The van der Waals surface area contributed by atoms with Gasteiger partial charge in [0.05, 0.1) is 6.61 Å². The lowest BCUT2D eigenvalue weighted by atomic mass is 9.98. The van der Waals surface area contributed by atoms with Crippen molar-refractivity contribution in [2.75, 3.05) is 19.8 Å². The highest BCUT2D eigenvalue weighted by Gasteiger charge is 2.38. The quantitative estimate of drug-likeness (QED) is 0.719. The summed E-state index contributed by atoms with van der Waals surface area (Å²) in [7, 11) is 0. The number of nitrogens with zero attached hydrogens (tertiary/aromatic N) is 1. The van der Waals surface area contributed by atoms with Crippen molar-refractivity contribution in [3.05, 3.63) is 0 Å². The molecule has 2 amide bonds. The van der Waals surface area contributed by atoms with E-state index in [-0.39, 0.29) is 17.9 Å². The van der Waals surface area contributed by atoms with Gasteiger partial charge in [0.1, 0.15) is 12.1 Å². The molecule has 0 bridgehead atoms. The maximum atomic E-state index is 12.2. The maximum absolute atomic E-state index is 12.2. The average molecular weight is 284 g/mol. The van der Waals surface area contributed by atoms with Crippen LogP contribution < -0.4 is 5.32 Å². The molecule has 0 aromatic rings. The number of carbonyl (C=O) groups excluding carboxylic acids is 2. The van der Waals surface area contributed by atoms with Crippen LogP contribution in [0.15, 0.2) is 0 Å². The zero-order valence-electron chi connectivity index (χ0n) is 13.3. The summed E-state index contributed by atoms with van der Waals surface area (Å²) in [4.78, 5) is 26.0. The lowest BCUT2D eigenvalue weighted by Crippen LogP contribution is -2.63. The zero-order valence-corrected chi connectivity index (χ0v) is 13.3. The van der Waals surface area contributed by atoms with Gasteiger partial charge in [-0.3, -0.25) is 9.59 Å². The van der Waals surface area contributed by atoms with Crippen molar-refractivity contribution in [1.29, 1.82) is 0 Å². The van der Waals surface area contributed by atoms with Crippen molar-refractivity contribution in [2.24, 2.45) is 11.8 Å². The van der Waals surface area contributed by atoms with E-state index >= 15 is 0 Å². The van der Waals surface area contributed by atoms with Gasteiger partial charge in [-0.05, 0) is 25.2 Å². The first-order valence-corrected chi connectivity index (χ1v) is 7.51. The second kappa shape index (κ2) is 7.62. The molecule has 1 rings (SSSR count). The number of piperazine rings is 1. The molecule has 0 aromatic heterocycles. The number of ether oxygens (including phenoxy) is 1. The average Bonchev–Trinajstić information content (AvgIpc) is 2.33. The van der Waals surface area contributed by atoms with E-state index in [0.29, 0.717) is 38.0 Å². The lowest BCUT2D eigenvalue weighted by Gasteiger charge is -2.38. The van der Waals surface area contributed by atoms with E-state index in [4.69, 9.17) is 4.74 Å². The molecule has 1 fully saturated rings. The van der Waals surface area contributed by atoms with E-state index in [9.17, 15) is 9.59 Å². The normalized spacial score (nSPS) is 23.6. The van der Waals surface area contributed by atoms with Crippen LogP contribution in [0, 0.1) is 11.8 Å². The fraction of sp³-hybridized carbons (Fsp3) is 0.867. The molecular formula is C15H28N2O3. The van der Waals surface area contributed by atoms with Gasteiger partial charge >= 0.3 is 0 Å². The van der Waals surface area contributed by atoms with Crippen molar-refractivity contribution in [3.63, 3.8) is 0 Å². The molecule has 1 heterocycles. The first-order chi connectivity index (χ1) is 9.32. The van der Waals surface area contributed by atoms with Gasteiger partial charge in [0.25, 0.3) is 0 Å². The number of amides is 2. The van der Waals surface area contributed by atoms with E-state index in [1.54, 1.807) is 11.8 Å². The van der Waals surface area contributed by atoms with Gasteiger partial charge in [0, 0.05) is 13.2 Å². The van der Waals surface area contributed by atoms with Crippen LogP contribution >= 0.6 is 0 Å². The predicted octanol–water partition coefficient (Wildman–Crippen LogP) is 1.42. The Morgan fingerprint density at radius 1 is 1.20 bits per heavy atom. The van der Waals surface area contributed by atoms with Crippen LogP contribution in [0.5, 0.6) is 0 Å². The number of carbonyl (C=O) groups is 2. The van der Waals surface area contributed by atoms with E-state index in [2.05, 4.69) is 33.0 Å². The Hall–Kier alpha value is -1.10. The first kappa shape index (κ1) is 17.0. The molecule has 0 aromatic carbocycles. The summed E-state index contributed by atoms with van der Waals surface area (Å²) in [6.45, 7) is 11.7. The monoisotopic (exact) mass is 284 g/mol. The van der Waals surface area contributed by atoms with Gasteiger partial charge in [-0.15, -0.1) is 0 Å². The Bertz CT molecular complexity index is 342. The molecule has 5 nitrogen and oxygen atoms in total. The Kier molecular flexibility index (Phi) is 6.46. The third-order valence-electron chi connectivity index (χ3n) is 3.31. The van der Waals surface area contributed by atoms with E-state index in [0.717, 1.165) is 0 Å². The van der Waals surface area contributed by atoms with Crippen LogP contribution in [-0.2, 0) is 14.3 Å². The van der Waals surface area contributed by atoms with Gasteiger partial charge in [-0.2, -0.15) is 0 Å². The Labute approximate surface area is 122 Å². The molecule has 1 aliphatic heterocycles. The minimum Gasteiger partial charge on any atom is -0.379 e. The third-order valence-corrected chi connectivity index (χ3v) is 3.31. The molecule has 116 valence electrons. The molecule has 2 atom stereocenters. The van der Waals surface area contributed by atoms with Crippen LogP contribution in [-0.4, -0.2) is 48.6 Å². The summed E-state index contributed by atoms with van der Waals surface area (Å²) in [5.74, 6) is 0.782. The van der Waals surface area contributed by atoms with Crippen molar-refractivity contribution < 1.29 is 14.3 Å². The van der Waals surface area contributed by atoms with Gasteiger partial charge < -0.3 is 15.0 Å². The molecule has 1 N–H and O–H groups in total. The van der Waals surface area contributed by atoms with Gasteiger partial charge in [-0.1, -0.05) is 27.7 Å². The SMILES string of the molecule is CC(C)COCCN1C(=O)C(C)NC(=O)C1CC(C)C. The summed E-state index contributed by atoms with van der Waals surface area (Å²) in [5, 5.41) is 2.75. The van der Waals surface area contributed by atoms with E-state index < -0.39 is 6.04 Å². The number of hydrogen-bond donors (Lipinski definition) is 1. The molecule has 5 heteroatoms. The largest absolute Gasteiger partial charge is 0.379 e. The Morgan fingerprint density at radius 2 is 1.85 bits per heavy atom. The van der Waals surface area contributed by atoms with Crippen molar-refractivity contribution in [1.82, 2.24) is 10.2 Å². The van der Waals surface area contributed by atoms with Gasteiger partial charge in [0.2, 0.25) is 11.8 Å². The Balaban J connectivity index is 2.63. The van der Waals surface area contributed by atoms with Crippen LogP contribution in [0.2, 0.25) is 0 Å². The molecule has 2 unspecified atom stereocenters. The number of nitrogens with one attached hydrogen (secondary N) is 1. The van der Waals surface area contributed by atoms with E-state index in [1.165, 1.54) is 0 Å². The molecule has 1 aliphatic rings. The highest BCUT2D eigenvalue weighted by Crippen LogP contribution is 2.17. The number of hydrogen-bond acceptors (Lipinski definition) is 3. The second-order valence-corrected chi connectivity index (χ2v) is 6.38. The maximum Gasteiger partial charge on any atom is 0.245 e. The van der Waals surface area contributed by atoms with Crippen molar-refractivity contribution >= 4 is 11.8 Å². The lowest BCUT2D eigenvalue weighted by molar-refractivity contribution is -0.150. The molecule has 0 radical (unpaired) electrons. The number of rotatable bonds is 7. The van der Waals surface area contributed by atoms with Crippen LogP contribution in [0.1, 0.15) is 41.0 Å². The zero-order chi connectivity index (χ0) is 15.3. The minimum atomic E-state index is -0.434. The third kappa shape index (κ3) is 4.78. The van der Waals surface area contributed by atoms with Gasteiger partial charge in [0.15, 0.2) is 0 Å². The summed E-state index contributed by atoms with van der Waals surface area (Å²) >= 11 is 0. The highest BCUT2D eigenvalue weighted by molar-refractivity contribution is 5.96. The summed E-state index contributed by atoms with van der Waals surface area (Å²) in [6.07, 6.45) is 0.689. The topological polar surface area (TPSA) is 58.6 Å². The van der Waals surface area contributed by atoms with Crippen LogP contribution in [0.25, 0.3) is 0 Å². The first-order valence-electron chi connectivity index (χ1n) is 7.51. The summed E-state index contributed by atoms with van der Waals surface area (Å²) in [6, 6.07) is -0.794. The molecular weight excluding hydrogens is 256 g/mol. The van der Waals surface area contributed by atoms with Crippen molar-refractivity contribution in [3.8, 4) is 0 Å². The summed E-state index contributed by atoms with van der Waals surface area (Å²) < 4.78 is 5.54. The predicted molar refractivity (Wildman–Crippen MR) is 78.2 cm³/mol. The summed E-state index contributed by atoms with van der Waals surface area (Å²) in [5.41, 5.74) is 0. The Morgan fingerprint density at radius 3 is 2.40 bits per heavy atom. The molecule has 0 aliphatic carbocycles. The van der Waals surface area contributed by atoms with Crippen LogP contribution in [0.3, 0.4) is 0 Å². The highest BCUT2D eigenvalue weighted by atomic mass is 16.5. The molecule has 0 spiro atoms. The minimum absolute atomic E-state index is 0.0107. The molecule has 20 heavy (non-hydrogen) atoms. The second-order valence-electron chi connectivity index (χ2n) is 6.38. The molecule has 0 saturated carbocycles. The fourth-order valence-corrected chi connectivity index (χ4v) is 2.34. The standard InChI is InChI=1S/C15H28N2O3/c1-10(2)8-13-14(18)16-12(5)15(19)17(13)6-7-20-9-11(3)4/h10-13H,6-9H2,1-5H3,(H,16,18).